The molecule has 5 aliphatic heterocycles. The number of carbonyl (C=O) groups is 6. The van der Waals surface area contributed by atoms with Crippen LogP contribution in [0.15, 0.2) is 94.7 Å². The minimum absolute atomic E-state index is 0.0242. The number of aromatic nitrogens is 5. The highest BCUT2D eigenvalue weighted by Gasteiger charge is 2.53. The average Bonchev–Trinajstić information content (AvgIpc) is 1.62. The summed E-state index contributed by atoms with van der Waals surface area (Å²) in [5, 5.41) is 52.3. The third-order valence-corrected chi connectivity index (χ3v) is 25.8. The highest BCUT2D eigenvalue weighted by molar-refractivity contribution is 6.39. The van der Waals surface area contributed by atoms with Crippen molar-refractivity contribution in [3.63, 3.8) is 0 Å². The topological polar surface area (TPSA) is 446 Å². The number of aliphatic hydroxyl groups is 4. The minimum Gasteiger partial charge on any atom is -0.460 e. The molecule has 11 rings (SSSR count). The van der Waals surface area contributed by atoms with Crippen LogP contribution in [0.5, 0.6) is 0 Å². The number of oxazole rings is 1. The van der Waals surface area contributed by atoms with Gasteiger partial charge in [0.2, 0.25) is 11.7 Å². The van der Waals surface area contributed by atoms with Gasteiger partial charge in [-0.3, -0.25) is 33.8 Å². The monoisotopic (exact) mass is 1790 g/mol. The highest BCUT2D eigenvalue weighted by atomic mass is 16.6. The lowest BCUT2D eigenvalue weighted by molar-refractivity contribution is -0.265. The molecule has 2 aromatic carbocycles. The number of rotatable bonds is 34. The first-order valence-corrected chi connectivity index (χ1v) is 45.9. The quantitative estimate of drug-likeness (QED) is 0.00926. The van der Waals surface area contributed by atoms with Crippen LogP contribution in [-0.2, 0) is 100 Å². The van der Waals surface area contributed by atoms with Gasteiger partial charge in [0.1, 0.15) is 53.8 Å². The molecule has 6 aliphatic rings. The van der Waals surface area contributed by atoms with Crippen molar-refractivity contribution in [2.75, 3.05) is 157 Å². The maximum absolute atomic E-state index is 14.7. The number of nitrogens with two attached hydrogens (primary N) is 3. The summed E-state index contributed by atoms with van der Waals surface area (Å²) in [4.78, 5) is 105. The summed E-state index contributed by atoms with van der Waals surface area (Å²) in [5.74, 6) is -8.39. The molecule has 34 heteroatoms. The lowest BCUT2D eigenvalue weighted by atomic mass is 9.80. The van der Waals surface area contributed by atoms with Crippen molar-refractivity contribution in [3.05, 3.63) is 107 Å². The van der Waals surface area contributed by atoms with Gasteiger partial charge < -0.3 is 104 Å². The van der Waals surface area contributed by atoms with Gasteiger partial charge in [-0.1, -0.05) is 82.4 Å². The second kappa shape index (κ2) is 49.7. The molecule has 2 amide bonds. The third-order valence-electron chi connectivity index (χ3n) is 25.8. The Balaban J connectivity index is 0.521. The minimum atomic E-state index is -2.49. The van der Waals surface area contributed by atoms with Crippen molar-refractivity contribution in [1.82, 2.24) is 44.3 Å². The number of anilines is 2. The standard InChI is InChI=1S/C94H138N12O22/c1-60-15-10-9-11-16-61(2)78(117-7)55-71-24-19-65(6)94(116,128-71)88(113)91(114)105-29-13-12-17-74(105)92(115)126-79(56-75(107)62(3)50-64(5)86(111)87(112)85(110)63(4)49-60)72(95)52-66-21-25-77(80(53-66)118-8)125-82(109)18-14-37-119-41-43-121-39-35-102-31-33-103(34-32-102)36-40-122-44-46-124-48-47-123-45-42-120-38-28-81(108)104-30-27-68-51-67(20-22-70(68)58-104)57-106-90-83(89(96)98-59-99-90)84(101-106)69-23-26-76-73(54-69)100-93(97)127-76/h9-11,15-16,20,22-23,26,50-51,54,59-60,62-63,65-66,71-72,74-75,77-80,86-87,107,111-112,116H,12-14,17-19,21,24-25,27-49,52-53,55-58,95H2,1-8H3,(H2,97,100)(H2,96,98,99)/b11-9+,15-10+,61-16+,64-50+/t60-,62-,63-,65-,66+,71+,72-,74+,75-,77-,78+,79+,80-,86-,87+,94-/m1/s1. The second-order valence-electron chi connectivity index (χ2n) is 35.3. The summed E-state index contributed by atoms with van der Waals surface area (Å²) in [5.41, 5.74) is 26.9. The number of cyclic esters (lactones) is 1. The SMILES string of the molecule is CO[C@H]1C[C@@H]2CC[C@@H](C)[C@@](O)(O2)C(=O)C(=O)N2CCCC[C@H]2C(=O)O[C@H]([C@H](N)C[C@@H]2CC[C@@H](OC(=O)CCCOCCOCCN3CCN(CCOCCOCCOCCOCCC(=O)N4CCc5cc(Cn6nc(-c7ccc8oc(N)nc8c7)c7c(N)ncnc76)ccc5C4)CC3)[C@H](OC)C2)C[C@@H](O)[C@H](C)/C=C(\C)[C@@H](O)[C@@H](O)C(=O)[C@H](C)C[C@H](C)/C=C/C=C/C=C/1C. The number of piperazine rings is 1. The number of hydrogen-bond acceptors (Lipinski definition) is 31. The van der Waals surface area contributed by atoms with Gasteiger partial charge >= 0.3 is 11.9 Å². The largest absolute Gasteiger partial charge is 0.460 e. The Labute approximate surface area is 750 Å². The number of Topliss-reactive ketones (excluding diaryl/α,β-unsaturated/α-hetero) is 2. The van der Waals surface area contributed by atoms with Crippen LogP contribution in [0.4, 0.5) is 11.8 Å². The fraction of sp³-hybridized carbons (Fsp3) is 0.660. The number of nitrogen functional groups attached to an aromatic ring is 2. The molecular weight excluding hydrogens is 1650 g/mol. The zero-order chi connectivity index (χ0) is 91.4. The number of hydrogen-bond donors (Lipinski definition) is 7. The Morgan fingerprint density at radius 1 is 0.688 bits per heavy atom. The smallest absolute Gasteiger partial charge is 0.329 e. The van der Waals surface area contributed by atoms with Gasteiger partial charge in [-0.2, -0.15) is 10.1 Å². The fourth-order valence-corrected chi connectivity index (χ4v) is 18.0. The Morgan fingerprint density at radius 3 is 2.09 bits per heavy atom. The van der Waals surface area contributed by atoms with Gasteiger partial charge in [-0.05, 0) is 149 Å². The summed E-state index contributed by atoms with van der Waals surface area (Å²) in [6.45, 7) is 22.8. The Morgan fingerprint density at radius 2 is 1.38 bits per heavy atom. The average molecular weight is 1790 g/mol. The van der Waals surface area contributed by atoms with Gasteiger partial charge in [0.25, 0.3) is 17.7 Å². The summed E-state index contributed by atoms with van der Waals surface area (Å²) in [7, 11) is 3.12. The number of ketones is 2. The Bertz CT molecular complexity index is 4550. The van der Waals surface area contributed by atoms with Gasteiger partial charge in [-0.25, -0.2) is 19.4 Å². The van der Waals surface area contributed by atoms with E-state index >= 15 is 0 Å². The molecule has 0 unspecified atom stereocenters. The number of aliphatic hydroxyl groups excluding tert-OH is 3. The van der Waals surface area contributed by atoms with E-state index in [1.807, 2.05) is 65.9 Å². The fourth-order valence-electron chi connectivity index (χ4n) is 18.0. The number of amides is 2. The number of ether oxygens (including phenoxy) is 11. The van der Waals surface area contributed by atoms with E-state index in [9.17, 15) is 49.2 Å². The molecule has 10 N–H and O–H groups in total. The molecule has 5 aromatic rings. The van der Waals surface area contributed by atoms with Gasteiger partial charge in [0.05, 0.1) is 115 Å². The molecule has 2 bridgehead atoms. The van der Waals surface area contributed by atoms with Crippen LogP contribution in [0.25, 0.3) is 33.4 Å². The Kier molecular flexibility index (Phi) is 38.9. The van der Waals surface area contributed by atoms with Crippen LogP contribution in [0.1, 0.15) is 155 Å². The zero-order valence-electron chi connectivity index (χ0n) is 75.9. The van der Waals surface area contributed by atoms with Gasteiger partial charge in [0, 0.05) is 128 Å². The molecule has 1 saturated carbocycles. The van der Waals surface area contributed by atoms with Crippen LogP contribution in [0.3, 0.4) is 0 Å². The van der Waals surface area contributed by atoms with E-state index in [1.165, 1.54) is 11.9 Å². The van der Waals surface area contributed by atoms with Crippen LogP contribution in [-0.4, -0.2) is 313 Å². The van der Waals surface area contributed by atoms with Crippen molar-refractivity contribution in [2.45, 2.75) is 224 Å². The van der Waals surface area contributed by atoms with E-state index in [0.29, 0.717) is 197 Å². The van der Waals surface area contributed by atoms with Crippen molar-refractivity contribution in [3.8, 4) is 11.3 Å². The summed E-state index contributed by atoms with van der Waals surface area (Å²) in [6, 6.07) is 9.83. The number of nitrogens with zero attached hydrogens (tertiary/aromatic N) is 9. The number of benzene rings is 2. The first kappa shape index (κ1) is 100. The van der Waals surface area contributed by atoms with E-state index in [4.69, 9.17) is 78.8 Å². The second-order valence-corrected chi connectivity index (χ2v) is 35.3. The molecule has 0 radical (unpaired) electrons. The molecule has 706 valence electrons. The zero-order valence-corrected chi connectivity index (χ0v) is 75.9. The number of piperidine rings is 1. The third kappa shape index (κ3) is 28.3. The number of esters is 2. The van der Waals surface area contributed by atoms with Crippen LogP contribution in [0, 0.1) is 29.6 Å². The highest BCUT2D eigenvalue weighted by Crippen LogP contribution is 2.39. The Hall–Kier alpha value is -8.40. The maximum atomic E-state index is 14.7. The van der Waals surface area contributed by atoms with E-state index < -0.39 is 108 Å². The molecule has 3 aromatic heterocycles. The van der Waals surface area contributed by atoms with E-state index in [1.54, 1.807) is 54.1 Å². The first-order chi connectivity index (χ1) is 61.7. The van der Waals surface area contributed by atoms with Crippen molar-refractivity contribution < 1.29 is 106 Å². The molecular formula is C94H138N12O22. The molecule has 16 atom stereocenters. The van der Waals surface area contributed by atoms with Crippen LogP contribution >= 0.6 is 0 Å². The first-order valence-electron chi connectivity index (χ1n) is 45.9. The van der Waals surface area contributed by atoms with E-state index in [-0.39, 0.29) is 73.9 Å². The normalized spacial score (nSPS) is 28.5. The molecule has 1 aliphatic carbocycles. The predicted molar refractivity (Wildman–Crippen MR) is 477 cm³/mol. The summed E-state index contributed by atoms with van der Waals surface area (Å²) in [6.07, 6.45) is 10.4. The molecule has 34 nitrogen and oxygen atoms in total. The maximum Gasteiger partial charge on any atom is 0.329 e. The van der Waals surface area contributed by atoms with E-state index in [2.05, 4.69) is 43.0 Å². The van der Waals surface area contributed by atoms with Crippen molar-refractivity contribution in [1.29, 1.82) is 0 Å². The van der Waals surface area contributed by atoms with E-state index in [0.717, 1.165) is 72.9 Å². The number of methoxy groups -OCH3 is 2. The van der Waals surface area contributed by atoms with Crippen LogP contribution < -0.4 is 17.2 Å². The number of allylic oxidation sites excluding steroid dienone is 5. The predicted octanol–water partition coefficient (Wildman–Crippen LogP) is 7.19. The van der Waals surface area contributed by atoms with Crippen molar-refractivity contribution in [2.24, 2.45) is 35.3 Å². The molecule has 4 fully saturated rings. The van der Waals surface area contributed by atoms with Gasteiger partial charge in [0.15, 0.2) is 17.0 Å². The van der Waals surface area contributed by atoms with Gasteiger partial charge in [-0.15, -0.1) is 0 Å². The summed E-state index contributed by atoms with van der Waals surface area (Å²) >= 11 is 0. The lowest BCUT2D eigenvalue weighted by Crippen LogP contribution is -2.61. The molecule has 3 saturated heterocycles. The number of fused-ring (bicyclic) bond motifs is 6. The molecule has 0 spiro atoms. The summed E-state index contributed by atoms with van der Waals surface area (Å²) < 4.78 is 72.4. The molecule has 128 heavy (non-hydrogen) atoms. The number of carbonyl (C=O) groups excluding carboxylic acids is 6. The lowest BCUT2D eigenvalue weighted by Gasteiger charge is -2.42. The van der Waals surface area contributed by atoms with Crippen molar-refractivity contribution >= 4 is 69.3 Å². The molecule has 8 heterocycles. The van der Waals surface area contributed by atoms with Crippen LogP contribution in [0.2, 0.25) is 0 Å².